The maximum atomic E-state index is 13.6. The first kappa shape index (κ1) is 27.2. The Morgan fingerprint density at radius 2 is 1.92 bits per heavy atom. The Bertz CT molecular complexity index is 1580. The molecule has 11 heteroatoms. The van der Waals surface area contributed by atoms with Crippen molar-refractivity contribution in [3.05, 3.63) is 105 Å². The van der Waals surface area contributed by atoms with E-state index in [2.05, 4.69) is 15.2 Å². The molecule has 1 aliphatic heterocycles. The summed E-state index contributed by atoms with van der Waals surface area (Å²) in [6.07, 6.45) is 1.19. The third kappa shape index (κ3) is 5.95. The number of carbonyl (C=O) groups excluding carboxylic acids is 1. The molecule has 0 fully saturated rings. The van der Waals surface area contributed by atoms with Gasteiger partial charge in [-0.25, -0.2) is 14.2 Å². The third-order valence-corrected chi connectivity index (χ3v) is 7.11. The SMILES string of the molecule is O=C(NCc1ccnc(Cl)c1)n1c2c(c3ccc(C(F)(F)F)cc31)CN(CC=Cc1ccc(F)c(Cl)c1)CC2. The molecule has 0 saturated heterocycles. The summed E-state index contributed by atoms with van der Waals surface area (Å²) in [6, 6.07) is 10.7. The predicted octanol–water partition coefficient (Wildman–Crippen LogP) is 7.33. The minimum absolute atomic E-state index is 0.0381. The predicted molar refractivity (Wildman–Crippen MR) is 143 cm³/mol. The van der Waals surface area contributed by atoms with Crippen LogP contribution in [0.15, 0.2) is 60.8 Å². The zero-order valence-electron chi connectivity index (χ0n) is 20.4. The van der Waals surface area contributed by atoms with E-state index >= 15 is 0 Å². The van der Waals surface area contributed by atoms with Gasteiger partial charge in [0.2, 0.25) is 0 Å². The molecule has 39 heavy (non-hydrogen) atoms. The van der Waals surface area contributed by atoms with Crippen LogP contribution in [0.3, 0.4) is 0 Å². The number of hydrogen-bond acceptors (Lipinski definition) is 3. The van der Waals surface area contributed by atoms with Gasteiger partial charge < -0.3 is 5.32 Å². The fraction of sp³-hybridized carbons (Fsp3) is 0.214. The summed E-state index contributed by atoms with van der Waals surface area (Å²) in [5.74, 6) is -0.490. The van der Waals surface area contributed by atoms with Crippen LogP contribution < -0.4 is 5.32 Å². The minimum atomic E-state index is -4.55. The van der Waals surface area contributed by atoms with Crippen LogP contribution in [-0.2, 0) is 25.7 Å². The molecule has 3 heterocycles. The summed E-state index contributed by atoms with van der Waals surface area (Å²) >= 11 is 11.8. The van der Waals surface area contributed by atoms with Gasteiger partial charge in [0.05, 0.1) is 16.1 Å². The maximum Gasteiger partial charge on any atom is 0.416 e. The molecule has 0 atom stereocenters. The van der Waals surface area contributed by atoms with E-state index in [-0.39, 0.29) is 22.2 Å². The molecule has 1 N–H and O–H groups in total. The number of pyridine rings is 1. The lowest BCUT2D eigenvalue weighted by atomic mass is 10.0. The van der Waals surface area contributed by atoms with Crippen LogP contribution in [0.2, 0.25) is 10.2 Å². The molecule has 0 bridgehead atoms. The van der Waals surface area contributed by atoms with Crippen LogP contribution in [0.4, 0.5) is 22.4 Å². The molecule has 0 unspecified atom stereocenters. The Balaban J connectivity index is 1.42. The second kappa shape index (κ2) is 11.0. The van der Waals surface area contributed by atoms with Crippen molar-refractivity contribution in [2.75, 3.05) is 13.1 Å². The number of alkyl halides is 3. The van der Waals surface area contributed by atoms with Crippen molar-refractivity contribution in [3.63, 3.8) is 0 Å². The van der Waals surface area contributed by atoms with E-state index < -0.39 is 23.6 Å². The van der Waals surface area contributed by atoms with Crippen LogP contribution in [0.5, 0.6) is 0 Å². The molecular weight excluding hydrogens is 555 g/mol. The van der Waals surface area contributed by atoms with Crippen molar-refractivity contribution in [2.45, 2.75) is 25.7 Å². The van der Waals surface area contributed by atoms with Crippen molar-refractivity contribution in [1.29, 1.82) is 0 Å². The number of hydrogen-bond donors (Lipinski definition) is 1. The van der Waals surface area contributed by atoms with Crippen LogP contribution in [0.25, 0.3) is 17.0 Å². The molecule has 0 spiro atoms. The van der Waals surface area contributed by atoms with Gasteiger partial charge in [-0.05, 0) is 53.1 Å². The van der Waals surface area contributed by atoms with E-state index in [0.29, 0.717) is 42.7 Å². The quantitative estimate of drug-likeness (QED) is 0.200. The first-order valence-electron chi connectivity index (χ1n) is 12.1. The zero-order chi connectivity index (χ0) is 27.7. The summed E-state index contributed by atoms with van der Waals surface area (Å²) in [5, 5.41) is 3.70. The fourth-order valence-electron chi connectivity index (χ4n) is 4.74. The van der Waals surface area contributed by atoms with Gasteiger partial charge in [0.25, 0.3) is 0 Å². The van der Waals surface area contributed by atoms with E-state index in [0.717, 1.165) is 23.3 Å². The molecule has 0 saturated carbocycles. The van der Waals surface area contributed by atoms with Crippen molar-refractivity contribution in [3.8, 4) is 0 Å². The molecule has 0 aliphatic carbocycles. The summed E-state index contributed by atoms with van der Waals surface area (Å²) in [6.45, 7) is 1.73. The fourth-order valence-corrected chi connectivity index (χ4v) is 5.13. The number of fused-ring (bicyclic) bond motifs is 3. The molecule has 5 nitrogen and oxygen atoms in total. The molecule has 5 rings (SSSR count). The second-order valence-corrected chi connectivity index (χ2v) is 9.99. The largest absolute Gasteiger partial charge is 0.416 e. The monoisotopic (exact) mass is 576 g/mol. The topological polar surface area (TPSA) is 50.2 Å². The first-order valence-corrected chi connectivity index (χ1v) is 12.8. The van der Waals surface area contributed by atoms with Gasteiger partial charge >= 0.3 is 12.2 Å². The number of benzene rings is 2. The summed E-state index contributed by atoms with van der Waals surface area (Å²) in [4.78, 5) is 19.4. The smallest absolute Gasteiger partial charge is 0.333 e. The van der Waals surface area contributed by atoms with Crippen molar-refractivity contribution in [1.82, 2.24) is 19.8 Å². The van der Waals surface area contributed by atoms with E-state index in [1.54, 1.807) is 18.2 Å². The molecule has 4 aromatic rings. The standard InChI is InChI=1S/C28H22Cl2F4N4O/c29-22-12-17(3-6-23(22)31)2-1-10-37-11-8-24-21(16-37)20-5-4-19(28(32,33)34)14-25(20)38(24)27(39)36-15-18-7-9-35-26(30)13-18/h1-7,9,12-14H,8,10-11,15-16H2,(H,36,39). The number of amides is 1. The Labute approximate surface area is 231 Å². The highest BCUT2D eigenvalue weighted by Gasteiger charge is 2.33. The lowest BCUT2D eigenvalue weighted by Gasteiger charge is -2.27. The van der Waals surface area contributed by atoms with Gasteiger partial charge in [-0.15, -0.1) is 0 Å². The molecule has 1 aliphatic rings. The zero-order valence-corrected chi connectivity index (χ0v) is 21.9. The Morgan fingerprint density at radius 1 is 1.10 bits per heavy atom. The average molecular weight is 577 g/mol. The highest BCUT2D eigenvalue weighted by molar-refractivity contribution is 6.30. The number of halogens is 6. The summed E-state index contributed by atoms with van der Waals surface area (Å²) < 4.78 is 55.4. The molecular formula is C28H22Cl2F4N4O. The van der Waals surface area contributed by atoms with Crippen LogP contribution in [-0.4, -0.2) is 33.6 Å². The van der Waals surface area contributed by atoms with Gasteiger partial charge in [-0.3, -0.25) is 9.47 Å². The van der Waals surface area contributed by atoms with Crippen LogP contribution in [0, 0.1) is 5.82 Å². The third-order valence-electron chi connectivity index (χ3n) is 6.61. The van der Waals surface area contributed by atoms with E-state index in [9.17, 15) is 22.4 Å². The van der Waals surface area contributed by atoms with E-state index in [1.807, 2.05) is 12.2 Å². The lowest BCUT2D eigenvalue weighted by molar-refractivity contribution is -0.137. The van der Waals surface area contributed by atoms with E-state index in [1.165, 1.54) is 29.0 Å². The number of carbonyl (C=O) groups is 1. The summed E-state index contributed by atoms with van der Waals surface area (Å²) in [7, 11) is 0. The molecule has 1 amide bonds. The number of rotatable bonds is 5. The molecule has 2 aromatic heterocycles. The van der Waals surface area contributed by atoms with Crippen molar-refractivity contribution in [2.24, 2.45) is 0 Å². The Morgan fingerprint density at radius 3 is 2.67 bits per heavy atom. The van der Waals surface area contributed by atoms with Gasteiger partial charge in [0.1, 0.15) is 11.0 Å². The number of nitrogens with zero attached hydrogens (tertiary/aromatic N) is 3. The maximum absolute atomic E-state index is 13.6. The minimum Gasteiger partial charge on any atom is -0.333 e. The molecule has 202 valence electrons. The van der Waals surface area contributed by atoms with Gasteiger partial charge in [-0.1, -0.05) is 47.5 Å². The van der Waals surface area contributed by atoms with Crippen molar-refractivity contribution < 1.29 is 22.4 Å². The first-order chi connectivity index (χ1) is 18.6. The number of nitrogens with one attached hydrogen (secondary N) is 1. The van der Waals surface area contributed by atoms with Gasteiger partial charge in [-0.2, -0.15) is 13.2 Å². The Kier molecular flexibility index (Phi) is 7.66. The summed E-state index contributed by atoms with van der Waals surface area (Å²) in [5.41, 5.74) is 2.34. The second-order valence-electron chi connectivity index (χ2n) is 9.20. The number of aromatic nitrogens is 2. The lowest BCUT2D eigenvalue weighted by Crippen LogP contribution is -2.34. The van der Waals surface area contributed by atoms with Crippen LogP contribution in [0.1, 0.15) is 27.9 Å². The highest BCUT2D eigenvalue weighted by Crippen LogP contribution is 2.36. The molecule has 0 radical (unpaired) electrons. The van der Waals surface area contributed by atoms with Crippen molar-refractivity contribution >= 4 is 46.2 Å². The van der Waals surface area contributed by atoms with Gasteiger partial charge in [0, 0.05) is 49.9 Å². The van der Waals surface area contributed by atoms with E-state index in [4.69, 9.17) is 23.2 Å². The van der Waals surface area contributed by atoms with Gasteiger partial charge in [0.15, 0.2) is 0 Å². The average Bonchev–Trinajstić information content (AvgIpc) is 3.22. The Hall–Kier alpha value is -3.40. The van der Waals surface area contributed by atoms with Crippen LogP contribution >= 0.6 is 23.2 Å². The normalized spacial score (nSPS) is 14.2. The molecule has 2 aromatic carbocycles. The highest BCUT2D eigenvalue weighted by atomic mass is 35.5.